The van der Waals surface area contributed by atoms with Gasteiger partial charge in [0.25, 0.3) is 0 Å². The van der Waals surface area contributed by atoms with Crippen molar-refractivity contribution in [1.82, 2.24) is 68.4 Å². The Balaban J connectivity index is 0.000000140. The van der Waals surface area contributed by atoms with Crippen molar-refractivity contribution < 1.29 is 34.1 Å². The number of alkyl halides is 1. The van der Waals surface area contributed by atoms with Gasteiger partial charge in [0.1, 0.15) is 46.1 Å². The molecule has 0 saturated carbocycles. The summed E-state index contributed by atoms with van der Waals surface area (Å²) in [6.07, 6.45) is 4.96. The molecule has 0 aliphatic rings. The molecule has 0 aliphatic carbocycles. The van der Waals surface area contributed by atoms with Gasteiger partial charge in [-0.3, -0.25) is 14.2 Å². The van der Waals surface area contributed by atoms with Crippen LogP contribution in [0.4, 0.5) is 0 Å². The standard InChI is InChI=1S/C35H28N4O.C18H13BrN2.C18H18N2O.C17H16N2O.C12H13BrN2O.C7H7IO.C6H7BO2.C5H7BrN2.C3H7Br/c1-23-18-19-36-34(20-23)38-32-15-8-7-14-30(32)31-17-16-29(22-33(31)38)40-28-13-9-12-27(21-28)39-25(3)35(24(2)37-39)26-10-5-4-6-11-26;1-12-8-9-20-18(10-12)21-16-5-3-2-4-14(16)15-7-6-13(19)11-17(15)21;1-13-18(15-8-5-4-6-9-15)14(2)20(19-13)16-10-7-11-17(12-16)21-3;1-12-17(14-7-4-3-5-8-14)13(2)19(18-12)15-9-6-10-16(20)11-15;1-8-12(13)9(2)15(14-8)10-5-4-6-11(7-10)16-3;1-9-7-4-2-3-6(8)5-7;8-7(9)6-4-2-1-3-5-6;1-3-5(6)4(2)8-7-3;1-2-3-4/h4-22H,1-3H3;2-11H,1H3;4-12H,1-3H3;3-11,20H,1-2H3;4-7H,1-3H3;2-5H,1H3;1-5,8-9H;1-2H3,(H,7,8);2-3H2,1H3. The Hall–Kier alpha value is -14.6. The van der Waals surface area contributed by atoms with E-state index < -0.39 is 7.12 Å². The topological polar surface area (TPSA) is 233 Å². The summed E-state index contributed by atoms with van der Waals surface area (Å²) in [6, 6.07) is 116. The SMILES string of the molecule is CCCBr.COc1cccc(-n2nc(C)c(-c3ccccc3)c2C)c1.COc1cccc(-n2nc(C)c(Br)c2C)c1.COc1cccc(I)c1.Cc1ccnc(-n2c3ccccc3c3ccc(Br)cc32)c1.Cc1ccnc(-n2c3ccccc3c3ccc(Oc4cccc(-n5nc(C)c(-c6ccccc6)c5C)c4)cc32)c1.Cc1n[nH]c(C)c1Br.Cc1nn(-c2cccc(O)c2)c(C)c1-c1ccccc1.OB(O)c1ccccc1. The maximum Gasteiger partial charge on any atom is 0.488 e. The molecule has 0 amide bonds. The number of aromatic amines is 1. The number of pyridine rings is 2. The summed E-state index contributed by atoms with van der Waals surface area (Å²) in [7, 11) is 3.67. The van der Waals surface area contributed by atoms with Crippen molar-refractivity contribution in [2.75, 3.05) is 26.7 Å². The van der Waals surface area contributed by atoms with Gasteiger partial charge in [-0.2, -0.15) is 25.5 Å². The van der Waals surface area contributed by atoms with Gasteiger partial charge in [-0.1, -0.05) is 233 Å². The number of benzene rings is 13. The number of phenolic OH excluding ortho intramolecular Hbond substituents is 1. The Kier molecular flexibility index (Phi) is 38.5. The smallest absolute Gasteiger partial charge is 0.488 e. The first kappa shape index (κ1) is 109. The maximum atomic E-state index is 9.62. The first-order chi connectivity index (χ1) is 71.6. The minimum absolute atomic E-state index is 0.247. The number of rotatable bonds is 16. The summed E-state index contributed by atoms with van der Waals surface area (Å²) in [4.78, 5) is 9.25. The molecule has 27 heteroatoms. The number of hydrogen-bond acceptors (Lipinski definition) is 14. The van der Waals surface area contributed by atoms with E-state index in [1.54, 1.807) is 57.7 Å². The molecular formula is C121H116BBr4IN14O7. The lowest BCUT2D eigenvalue weighted by Gasteiger charge is -2.11. The number of aryl methyl sites for hydroxylation is 8. The minimum atomic E-state index is -1.34. The fourth-order valence-electron chi connectivity index (χ4n) is 17.0. The van der Waals surface area contributed by atoms with E-state index >= 15 is 0 Å². The molecule has 22 aromatic rings. The van der Waals surface area contributed by atoms with Crippen LogP contribution in [0.3, 0.4) is 0 Å². The highest BCUT2D eigenvalue weighted by molar-refractivity contribution is 14.1. The predicted octanol–water partition coefficient (Wildman–Crippen LogP) is 30.5. The molecule has 0 fully saturated rings. The number of para-hydroxylation sites is 2. The number of phenols is 1. The number of nitrogens with zero attached hydrogens (tertiary/aromatic N) is 13. The van der Waals surface area contributed by atoms with Gasteiger partial charge in [-0.25, -0.2) is 28.7 Å². The second-order valence-corrected chi connectivity index (χ2v) is 39.2. The number of nitrogens with one attached hydrogen (secondary N) is 1. The Morgan fingerprint density at radius 2 is 0.709 bits per heavy atom. The molecule has 4 N–H and O–H groups in total. The highest BCUT2D eigenvalue weighted by Gasteiger charge is 2.22. The number of methoxy groups -OCH3 is 3. The van der Waals surface area contributed by atoms with E-state index in [-0.39, 0.29) is 5.75 Å². The van der Waals surface area contributed by atoms with Gasteiger partial charge >= 0.3 is 7.12 Å². The average molecular weight is 2340 g/mol. The third-order valence-corrected chi connectivity index (χ3v) is 28.4. The number of halogens is 5. The van der Waals surface area contributed by atoms with Crippen molar-refractivity contribution in [2.24, 2.45) is 0 Å². The number of aromatic nitrogens is 14. The summed E-state index contributed by atoms with van der Waals surface area (Å²) in [5.74, 6) is 6.20. The molecule has 22 rings (SSSR count). The maximum absolute atomic E-state index is 9.62. The molecule has 0 radical (unpaired) electrons. The fraction of sp³-hybridized carbons (Fsp3) is 0.149. The first-order valence-electron chi connectivity index (χ1n) is 48.0. The monoisotopic (exact) mass is 2330 g/mol. The zero-order valence-electron chi connectivity index (χ0n) is 85.3. The molecule has 13 aromatic carbocycles. The molecule has 0 atom stereocenters. The Morgan fingerprint density at radius 3 is 1.08 bits per heavy atom. The number of H-pyrrole nitrogens is 1. The molecule has 0 aliphatic heterocycles. The van der Waals surface area contributed by atoms with Gasteiger partial charge in [-0.05, 0) is 305 Å². The molecule has 0 bridgehead atoms. The van der Waals surface area contributed by atoms with E-state index in [0.717, 1.165) is 172 Å². The quantitative estimate of drug-likeness (QED) is 0.0400. The largest absolute Gasteiger partial charge is 0.508 e. The summed E-state index contributed by atoms with van der Waals surface area (Å²) in [5, 5.41) is 58.2. The summed E-state index contributed by atoms with van der Waals surface area (Å²) in [5.41, 5.74) is 28.8. The van der Waals surface area contributed by atoms with E-state index in [2.05, 4.69) is 320 Å². The van der Waals surface area contributed by atoms with Crippen LogP contribution in [0.2, 0.25) is 0 Å². The third-order valence-electron chi connectivity index (χ3n) is 24.1. The van der Waals surface area contributed by atoms with Crippen LogP contribution in [-0.4, -0.2) is 117 Å². The summed E-state index contributed by atoms with van der Waals surface area (Å²) >= 11 is 15.9. The van der Waals surface area contributed by atoms with Gasteiger partial charge in [-0.15, -0.1) is 0 Å². The third kappa shape index (κ3) is 27.1. The van der Waals surface area contributed by atoms with Crippen LogP contribution in [0.5, 0.6) is 34.5 Å². The fourth-order valence-corrected chi connectivity index (χ4v) is 18.3. The summed E-state index contributed by atoms with van der Waals surface area (Å²) < 4.78 is 38.5. The Bertz CT molecular complexity index is 8190. The van der Waals surface area contributed by atoms with E-state index in [0.29, 0.717) is 5.46 Å². The number of aromatic hydroxyl groups is 1. The molecule has 148 heavy (non-hydrogen) atoms. The van der Waals surface area contributed by atoms with Crippen molar-refractivity contribution in [3.8, 4) is 102 Å². The second kappa shape index (κ2) is 52.2. The van der Waals surface area contributed by atoms with Crippen LogP contribution in [0.1, 0.15) is 81.4 Å². The number of hydrogen-bond donors (Lipinski definition) is 4. The lowest BCUT2D eigenvalue weighted by molar-refractivity contribution is 0.414. The molecule has 750 valence electrons. The Morgan fingerprint density at radius 1 is 0.345 bits per heavy atom. The van der Waals surface area contributed by atoms with E-state index in [1.807, 2.05) is 237 Å². The molecule has 21 nitrogen and oxygen atoms in total. The van der Waals surface area contributed by atoms with Crippen LogP contribution >= 0.6 is 86.3 Å². The molecule has 9 aromatic heterocycles. The van der Waals surface area contributed by atoms with Crippen molar-refractivity contribution >= 4 is 143 Å². The highest BCUT2D eigenvalue weighted by atomic mass is 127. The van der Waals surface area contributed by atoms with Crippen LogP contribution in [0.25, 0.3) is 111 Å². The Labute approximate surface area is 911 Å². The first-order valence-corrected chi connectivity index (χ1v) is 52.6. The minimum Gasteiger partial charge on any atom is -0.508 e. The summed E-state index contributed by atoms with van der Waals surface area (Å²) in [6.45, 7) is 26.6. The average Bonchev–Trinajstić information content (AvgIpc) is 1.60. The van der Waals surface area contributed by atoms with E-state index in [1.165, 1.54) is 65.0 Å². The zero-order chi connectivity index (χ0) is 105. The van der Waals surface area contributed by atoms with Gasteiger partial charge in [0.05, 0.1) is 109 Å². The second-order valence-electron chi connectivity index (χ2n) is 34.7. The van der Waals surface area contributed by atoms with E-state index in [9.17, 15) is 5.11 Å². The van der Waals surface area contributed by atoms with Crippen LogP contribution in [0.15, 0.2) is 378 Å². The van der Waals surface area contributed by atoms with Crippen molar-refractivity contribution in [3.05, 3.63) is 449 Å². The van der Waals surface area contributed by atoms with Gasteiger partial charge in [0.2, 0.25) is 0 Å². The lowest BCUT2D eigenvalue weighted by atomic mass is 9.81. The van der Waals surface area contributed by atoms with Crippen LogP contribution in [0, 0.1) is 86.7 Å². The van der Waals surface area contributed by atoms with Crippen LogP contribution in [-0.2, 0) is 0 Å². The predicted molar refractivity (Wildman–Crippen MR) is 627 cm³/mol. The molecule has 0 saturated heterocycles. The van der Waals surface area contributed by atoms with Gasteiger partial charge in [0.15, 0.2) is 0 Å². The highest BCUT2D eigenvalue weighted by Crippen LogP contribution is 2.40. The zero-order valence-corrected chi connectivity index (χ0v) is 93.8. The number of ether oxygens (including phenoxy) is 4. The lowest BCUT2D eigenvalue weighted by Crippen LogP contribution is -2.29. The van der Waals surface area contributed by atoms with Gasteiger partial charge in [0, 0.05) is 117 Å². The van der Waals surface area contributed by atoms with Crippen LogP contribution < -0.4 is 24.4 Å². The van der Waals surface area contributed by atoms with E-state index in [4.69, 9.17) is 44.2 Å². The van der Waals surface area contributed by atoms with Crippen molar-refractivity contribution in [2.45, 2.75) is 96.4 Å². The molecule has 0 unspecified atom stereocenters. The van der Waals surface area contributed by atoms with Crippen molar-refractivity contribution in [3.63, 3.8) is 0 Å². The van der Waals surface area contributed by atoms with Gasteiger partial charge < -0.3 is 34.1 Å². The molecule has 0 spiro atoms. The normalized spacial score (nSPS) is 10.6. The molecular weight excluding hydrogens is 2220 g/mol. The molecule has 9 heterocycles. The van der Waals surface area contributed by atoms with Crippen molar-refractivity contribution in [1.29, 1.82) is 0 Å². The number of fused-ring (bicyclic) bond motifs is 6.